The van der Waals surface area contributed by atoms with E-state index in [0.717, 1.165) is 12.8 Å². The van der Waals surface area contributed by atoms with Crippen molar-refractivity contribution in [3.05, 3.63) is 0 Å². The van der Waals surface area contributed by atoms with Gasteiger partial charge in [0.25, 0.3) is 0 Å². The molecule has 1 atom stereocenters. The van der Waals surface area contributed by atoms with Crippen LogP contribution in [0.15, 0.2) is 0 Å². The van der Waals surface area contributed by atoms with Gasteiger partial charge in [-0.1, -0.05) is 13.8 Å². The van der Waals surface area contributed by atoms with Gasteiger partial charge in [0.05, 0.1) is 6.54 Å². The lowest BCUT2D eigenvalue weighted by molar-refractivity contribution is -0.120. The maximum absolute atomic E-state index is 11.2. The van der Waals surface area contributed by atoms with E-state index in [1.54, 1.807) is 0 Å². The highest BCUT2D eigenvalue weighted by Crippen LogP contribution is 2.18. The van der Waals surface area contributed by atoms with Crippen LogP contribution in [0.25, 0.3) is 0 Å². The quantitative estimate of drug-likeness (QED) is 0.666. The summed E-state index contributed by atoms with van der Waals surface area (Å²) in [7, 11) is 0. The molecule has 3 nitrogen and oxygen atoms in total. The van der Waals surface area contributed by atoms with Crippen LogP contribution in [0.1, 0.15) is 33.6 Å². The molecule has 1 aliphatic carbocycles. The molecule has 76 valence electrons. The monoisotopic (exact) mass is 184 g/mol. The Hall–Kier alpha value is -0.570. The Bertz CT molecular complexity index is 176. The molecule has 0 aliphatic heterocycles. The number of hydrogen-bond acceptors (Lipinski definition) is 2. The van der Waals surface area contributed by atoms with Crippen molar-refractivity contribution in [2.24, 2.45) is 5.92 Å². The van der Waals surface area contributed by atoms with Crippen LogP contribution in [0.4, 0.5) is 0 Å². The first-order valence-corrected chi connectivity index (χ1v) is 5.12. The molecule has 1 unspecified atom stereocenters. The van der Waals surface area contributed by atoms with Crippen molar-refractivity contribution in [2.45, 2.75) is 45.7 Å². The molecule has 1 rings (SSSR count). The lowest BCUT2D eigenvalue weighted by Crippen LogP contribution is -2.40. The standard InChI is InChI=1S/C10H20N2O/c1-7(2)8(3)11-6-10(13)12-9-4-5-9/h7-9,11H,4-6H2,1-3H3,(H,12,13). The van der Waals surface area contributed by atoms with Crippen molar-refractivity contribution in [3.8, 4) is 0 Å². The fourth-order valence-corrected chi connectivity index (χ4v) is 0.996. The van der Waals surface area contributed by atoms with E-state index in [4.69, 9.17) is 0 Å². The second-order valence-corrected chi connectivity index (χ2v) is 4.26. The molecule has 1 fully saturated rings. The summed E-state index contributed by atoms with van der Waals surface area (Å²) in [6.07, 6.45) is 2.32. The van der Waals surface area contributed by atoms with E-state index in [1.165, 1.54) is 0 Å². The van der Waals surface area contributed by atoms with Gasteiger partial charge in [-0.3, -0.25) is 4.79 Å². The molecule has 1 amide bonds. The second kappa shape index (κ2) is 4.61. The van der Waals surface area contributed by atoms with Gasteiger partial charge in [0.15, 0.2) is 0 Å². The summed E-state index contributed by atoms with van der Waals surface area (Å²) in [6, 6.07) is 0.883. The Balaban J connectivity index is 2.06. The Labute approximate surface area is 80.3 Å². The van der Waals surface area contributed by atoms with E-state index >= 15 is 0 Å². The molecule has 0 saturated heterocycles. The minimum atomic E-state index is 0.134. The number of carbonyl (C=O) groups excluding carboxylic acids is 1. The van der Waals surface area contributed by atoms with Gasteiger partial charge >= 0.3 is 0 Å². The van der Waals surface area contributed by atoms with E-state index in [2.05, 4.69) is 31.4 Å². The van der Waals surface area contributed by atoms with Crippen LogP contribution < -0.4 is 10.6 Å². The molecule has 0 aromatic heterocycles. The first kappa shape index (κ1) is 10.5. The van der Waals surface area contributed by atoms with Gasteiger partial charge in [0, 0.05) is 12.1 Å². The Morgan fingerprint density at radius 1 is 1.38 bits per heavy atom. The topological polar surface area (TPSA) is 41.1 Å². The molecule has 1 saturated carbocycles. The van der Waals surface area contributed by atoms with Gasteiger partial charge in [-0.2, -0.15) is 0 Å². The number of rotatable bonds is 5. The van der Waals surface area contributed by atoms with Crippen molar-refractivity contribution < 1.29 is 4.79 Å². The third kappa shape index (κ3) is 4.27. The third-order valence-electron chi connectivity index (χ3n) is 2.53. The summed E-state index contributed by atoms with van der Waals surface area (Å²) in [5.74, 6) is 0.712. The third-order valence-corrected chi connectivity index (χ3v) is 2.53. The van der Waals surface area contributed by atoms with Crippen molar-refractivity contribution in [3.63, 3.8) is 0 Å². The largest absolute Gasteiger partial charge is 0.352 e. The predicted molar refractivity (Wildman–Crippen MR) is 53.5 cm³/mol. The SMILES string of the molecule is CC(C)C(C)NCC(=O)NC1CC1. The summed E-state index contributed by atoms with van der Waals surface area (Å²) in [5.41, 5.74) is 0. The predicted octanol–water partition coefficient (Wildman–Crippen LogP) is 0.899. The van der Waals surface area contributed by atoms with E-state index in [-0.39, 0.29) is 5.91 Å². The van der Waals surface area contributed by atoms with Crippen LogP contribution in [0.5, 0.6) is 0 Å². The fraction of sp³-hybridized carbons (Fsp3) is 0.900. The van der Waals surface area contributed by atoms with Crippen LogP contribution in [-0.4, -0.2) is 24.5 Å². The minimum absolute atomic E-state index is 0.134. The zero-order valence-corrected chi connectivity index (χ0v) is 8.76. The molecule has 0 aromatic rings. The van der Waals surface area contributed by atoms with Crippen molar-refractivity contribution in [1.82, 2.24) is 10.6 Å². The molecule has 0 radical (unpaired) electrons. The van der Waals surface area contributed by atoms with Crippen molar-refractivity contribution >= 4 is 5.91 Å². The van der Waals surface area contributed by atoms with Crippen LogP contribution >= 0.6 is 0 Å². The molecular weight excluding hydrogens is 164 g/mol. The van der Waals surface area contributed by atoms with Gasteiger partial charge in [0.1, 0.15) is 0 Å². The van der Waals surface area contributed by atoms with Gasteiger partial charge in [-0.25, -0.2) is 0 Å². The maximum atomic E-state index is 11.2. The molecule has 1 aliphatic rings. The van der Waals surface area contributed by atoms with E-state index < -0.39 is 0 Å². The summed E-state index contributed by atoms with van der Waals surface area (Å²) in [4.78, 5) is 11.2. The summed E-state index contributed by atoms with van der Waals surface area (Å²) >= 11 is 0. The van der Waals surface area contributed by atoms with Crippen molar-refractivity contribution in [1.29, 1.82) is 0 Å². The molecule has 0 spiro atoms. The number of carbonyl (C=O) groups is 1. The maximum Gasteiger partial charge on any atom is 0.234 e. The molecule has 3 heteroatoms. The van der Waals surface area contributed by atoms with E-state index in [0.29, 0.717) is 24.5 Å². The average Bonchev–Trinajstić information content (AvgIpc) is 2.83. The Morgan fingerprint density at radius 2 is 2.00 bits per heavy atom. The number of hydrogen-bond donors (Lipinski definition) is 2. The Morgan fingerprint density at radius 3 is 2.46 bits per heavy atom. The minimum Gasteiger partial charge on any atom is -0.352 e. The first-order chi connectivity index (χ1) is 6.09. The van der Waals surface area contributed by atoms with Gasteiger partial charge < -0.3 is 10.6 Å². The molecule has 0 heterocycles. The van der Waals surface area contributed by atoms with Crippen LogP contribution in [0.2, 0.25) is 0 Å². The van der Waals surface area contributed by atoms with Gasteiger partial charge in [-0.05, 0) is 25.7 Å². The normalized spacial score (nSPS) is 18.8. The van der Waals surface area contributed by atoms with Crippen LogP contribution in [-0.2, 0) is 4.79 Å². The summed E-state index contributed by atoms with van der Waals surface area (Å²) in [5, 5.41) is 6.15. The highest BCUT2D eigenvalue weighted by Gasteiger charge is 2.23. The second-order valence-electron chi connectivity index (χ2n) is 4.26. The van der Waals surface area contributed by atoms with Crippen molar-refractivity contribution in [2.75, 3.05) is 6.54 Å². The average molecular weight is 184 g/mol. The summed E-state index contributed by atoms with van der Waals surface area (Å²) < 4.78 is 0. The smallest absolute Gasteiger partial charge is 0.234 e. The number of nitrogens with one attached hydrogen (secondary N) is 2. The number of amides is 1. The lowest BCUT2D eigenvalue weighted by Gasteiger charge is -2.16. The lowest BCUT2D eigenvalue weighted by atomic mass is 10.1. The molecule has 0 bridgehead atoms. The van der Waals surface area contributed by atoms with E-state index in [9.17, 15) is 4.79 Å². The zero-order valence-electron chi connectivity index (χ0n) is 8.76. The molecule has 13 heavy (non-hydrogen) atoms. The molecule has 0 aromatic carbocycles. The summed E-state index contributed by atoms with van der Waals surface area (Å²) in [6.45, 7) is 6.86. The van der Waals surface area contributed by atoms with Gasteiger partial charge in [-0.15, -0.1) is 0 Å². The van der Waals surface area contributed by atoms with Gasteiger partial charge in [0.2, 0.25) is 5.91 Å². The highest BCUT2D eigenvalue weighted by atomic mass is 16.2. The van der Waals surface area contributed by atoms with Crippen LogP contribution in [0.3, 0.4) is 0 Å². The Kier molecular flexibility index (Phi) is 3.72. The molecular formula is C10H20N2O. The zero-order chi connectivity index (χ0) is 9.84. The van der Waals surface area contributed by atoms with E-state index in [1.807, 2.05) is 0 Å². The van der Waals surface area contributed by atoms with Crippen LogP contribution in [0, 0.1) is 5.92 Å². The fourth-order valence-electron chi connectivity index (χ4n) is 0.996. The first-order valence-electron chi connectivity index (χ1n) is 5.12. The highest BCUT2D eigenvalue weighted by molar-refractivity contribution is 5.78. The molecule has 2 N–H and O–H groups in total.